The van der Waals surface area contributed by atoms with Gasteiger partial charge in [0, 0.05) is 11.8 Å². The lowest BCUT2D eigenvalue weighted by Gasteiger charge is -2.42. The summed E-state index contributed by atoms with van der Waals surface area (Å²) in [6, 6.07) is 0. The molecule has 5 fully saturated rings. The molecule has 0 aliphatic heterocycles. The van der Waals surface area contributed by atoms with E-state index in [1.807, 2.05) is 0 Å². The van der Waals surface area contributed by atoms with Gasteiger partial charge in [-0.25, -0.2) is 0 Å². The molecule has 0 saturated heterocycles. The van der Waals surface area contributed by atoms with Crippen LogP contribution in [0.3, 0.4) is 0 Å². The third kappa shape index (κ3) is 4.07. The number of ketones is 1. The number of rotatable bonds is 3. The average Bonchev–Trinajstić information content (AvgIpc) is 3.46. The highest BCUT2D eigenvalue weighted by atomic mass is 16.3. The highest BCUT2D eigenvalue weighted by molar-refractivity contribution is 5.81. The SMILES string of the molecule is CC12CCC3CC(CCC4CC(O)(C#CC5CC5)CCC34)C1CCC2C(=O)Cn1nccn1. The summed E-state index contributed by atoms with van der Waals surface area (Å²) in [5.41, 5.74) is -0.611. The van der Waals surface area contributed by atoms with E-state index < -0.39 is 5.60 Å². The number of hydrogen-bond acceptors (Lipinski definition) is 4. The van der Waals surface area contributed by atoms with Crippen LogP contribution < -0.4 is 0 Å². The van der Waals surface area contributed by atoms with E-state index in [1.54, 1.807) is 17.2 Å². The highest BCUT2D eigenvalue weighted by Gasteiger charge is 2.55. The molecule has 0 aromatic carbocycles. The van der Waals surface area contributed by atoms with Gasteiger partial charge in [0.25, 0.3) is 0 Å². The van der Waals surface area contributed by atoms with Gasteiger partial charge in [0.2, 0.25) is 0 Å². The Labute approximate surface area is 198 Å². The van der Waals surface area contributed by atoms with Gasteiger partial charge in [-0.2, -0.15) is 15.0 Å². The molecule has 0 amide bonds. The molecule has 6 rings (SSSR count). The Balaban J connectivity index is 1.18. The Kier molecular flexibility index (Phi) is 5.44. The molecule has 178 valence electrons. The minimum atomic E-state index is -0.738. The summed E-state index contributed by atoms with van der Waals surface area (Å²) in [5.74, 6) is 11.2. The molecule has 5 nitrogen and oxygen atoms in total. The van der Waals surface area contributed by atoms with Crippen molar-refractivity contribution in [3.63, 3.8) is 0 Å². The second-order valence-electron chi connectivity index (χ2n) is 12.4. The topological polar surface area (TPSA) is 68.0 Å². The molecular weight excluding hydrogens is 410 g/mol. The molecule has 5 aliphatic rings. The van der Waals surface area contributed by atoms with Crippen molar-refractivity contribution in [2.75, 3.05) is 0 Å². The first-order chi connectivity index (χ1) is 15.9. The lowest BCUT2D eigenvalue weighted by atomic mass is 9.63. The minimum Gasteiger partial charge on any atom is -0.378 e. The van der Waals surface area contributed by atoms with Crippen LogP contribution in [-0.2, 0) is 11.3 Å². The van der Waals surface area contributed by atoms with E-state index in [0.717, 1.165) is 43.4 Å². The summed E-state index contributed by atoms with van der Waals surface area (Å²) in [6.07, 6.45) is 17.1. The minimum absolute atomic E-state index is 0.127. The molecule has 2 bridgehead atoms. The van der Waals surface area contributed by atoms with Crippen LogP contribution in [0.2, 0.25) is 0 Å². The van der Waals surface area contributed by atoms with E-state index in [0.29, 0.717) is 30.1 Å². The number of Topliss-reactive ketones (excluding diaryl/α,β-unsaturated/α-hetero) is 1. The predicted octanol–water partition coefficient (Wildman–Crippen LogP) is 4.65. The lowest BCUT2D eigenvalue weighted by molar-refractivity contribution is -0.128. The number of fused-ring (bicyclic) bond motifs is 6. The van der Waals surface area contributed by atoms with Crippen LogP contribution in [0.1, 0.15) is 84.0 Å². The number of carbonyl (C=O) groups is 1. The van der Waals surface area contributed by atoms with Crippen LogP contribution in [0.15, 0.2) is 12.4 Å². The fourth-order valence-electron chi connectivity index (χ4n) is 8.65. The lowest BCUT2D eigenvalue weighted by Crippen LogP contribution is -2.40. The van der Waals surface area contributed by atoms with Gasteiger partial charge in [0.05, 0.1) is 12.4 Å². The summed E-state index contributed by atoms with van der Waals surface area (Å²) in [5, 5.41) is 19.6. The summed E-state index contributed by atoms with van der Waals surface area (Å²) < 4.78 is 0. The van der Waals surface area contributed by atoms with Crippen LogP contribution in [0.4, 0.5) is 0 Å². The zero-order valence-electron chi connectivity index (χ0n) is 20.1. The third-order valence-corrected chi connectivity index (χ3v) is 10.5. The second-order valence-corrected chi connectivity index (χ2v) is 12.4. The van der Waals surface area contributed by atoms with E-state index in [9.17, 15) is 9.90 Å². The standard InChI is InChI=1S/C28H39N3O2/c1-27-11-9-20-16-21(24(27)6-7-25(27)26(32)18-31-29-14-15-30-31)4-5-22-17-28(33,13-10-23(20)22)12-8-19-2-3-19/h14-15,19-25,33H,2-7,9-11,13,16-18H2,1H3. The summed E-state index contributed by atoms with van der Waals surface area (Å²) in [6.45, 7) is 2.75. The Hall–Kier alpha value is -1.67. The van der Waals surface area contributed by atoms with Crippen molar-refractivity contribution >= 4 is 5.78 Å². The number of aliphatic hydroxyl groups is 1. The van der Waals surface area contributed by atoms with Crippen LogP contribution in [0, 0.1) is 58.7 Å². The largest absolute Gasteiger partial charge is 0.378 e. The fraction of sp³-hybridized carbons (Fsp3) is 0.821. The van der Waals surface area contributed by atoms with Crippen molar-refractivity contribution in [2.24, 2.45) is 46.8 Å². The molecule has 0 radical (unpaired) electrons. The molecule has 5 saturated carbocycles. The number of nitrogens with zero attached hydrogens (tertiary/aromatic N) is 3. The van der Waals surface area contributed by atoms with Gasteiger partial charge < -0.3 is 5.11 Å². The normalized spacial score (nSPS) is 44.5. The molecule has 1 aromatic heterocycles. The van der Waals surface area contributed by atoms with Gasteiger partial charge in [-0.3, -0.25) is 4.79 Å². The van der Waals surface area contributed by atoms with Crippen molar-refractivity contribution < 1.29 is 9.90 Å². The second kappa shape index (κ2) is 8.22. The molecule has 5 aliphatic carbocycles. The van der Waals surface area contributed by atoms with Crippen molar-refractivity contribution in [3.8, 4) is 11.8 Å². The van der Waals surface area contributed by atoms with Crippen LogP contribution in [0.5, 0.6) is 0 Å². The maximum Gasteiger partial charge on any atom is 0.159 e. The van der Waals surface area contributed by atoms with E-state index in [4.69, 9.17) is 0 Å². The molecule has 33 heavy (non-hydrogen) atoms. The van der Waals surface area contributed by atoms with Crippen molar-refractivity contribution in [2.45, 2.75) is 96.1 Å². The van der Waals surface area contributed by atoms with Gasteiger partial charge in [-0.1, -0.05) is 18.8 Å². The predicted molar refractivity (Wildman–Crippen MR) is 126 cm³/mol. The van der Waals surface area contributed by atoms with Crippen molar-refractivity contribution in [3.05, 3.63) is 12.4 Å². The maximum atomic E-state index is 13.3. The van der Waals surface area contributed by atoms with Crippen LogP contribution in [-0.4, -0.2) is 31.5 Å². The van der Waals surface area contributed by atoms with Crippen molar-refractivity contribution in [1.82, 2.24) is 15.0 Å². The van der Waals surface area contributed by atoms with E-state index in [2.05, 4.69) is 29.0 Å². The van der Waals surface area contributed by atoms with E-state index in [1.165, 1.54) is 51.4 Å². The first-order valence-electron chi connectivity index (χ1n) is 13.6. The molecule has 8 unspecified atom stereocenters. The zero-order valence-corrected chi connectivity index (χ0v) is 20.1. The highest BCUT2D eigenvalue weighted by Crippen LogP contribution is 2.61. The molecule has 0 spiro atoms. The number of hydrogen-bond donors (Lipinski definition) is 1. The number of carbonyl (C=O) groups excluding carboxylic acids is 1. The molecular formula is C28H39N3O2. The molecule has 8 atom stereocenters. The molecule has 5 heteroatoms. The Bertz CT molecular complexity index is 944. The quantitative estimate of drug-likeness (QED) is 0.682. The summed E-state index contributed by atoms with van der Waals surface area (Å²) in [7, 11) is 0. The Morgan fingerprint density at radius 1 is 1.00 bits per heavy atom. The molecule has 1 N–H and O–H groups in total. The fourth-order valence-corrected chi connectivity index (χ4v) is 8.65. The summed E-state index contributed by atoms with van der Waals surface area (Å²) >= 11 is 0. The van der Waals surface area contributed by atoms with Crippen LogP contribution in [0.25, 0.3) is 0 Å². The smallest absolute Gasteiger partial charge is 0.159 e. The number of aromatic nitrogens is 3. The first-order valence-corrected chi connectivity index (χ1v) is 13.6. The van der Waals surface area contributed by atoms with Crippen LogP contribution >= 0.6 is 0 Å². The van der Waals surface area contributed by atoms with E-state index >= 15 is 0 Å². The summed E-state index contributed by atoms with van der Waals surface area (Å²) in [4.78, 5) is 14.9. The van der Waals surface area contributed by atoms with Gasteiger partial charge in [0.15, 0.2) is 5.78 Å². The Morgan fingerprint density at radius 2 is 1.79 bits per heavy atom. The molecule has 1 aromatic rings. The van der Waals surface area contributed by atoms with Gasteiger partial charge >= 0.3 is 0 Å². The van der Waals surface area contributed by atoms with Gasteiger partial charge in [0.1, 0.15) is 12.1 Å². The van der Waals surface area contributed by atoms with Gasteiger partial charge in [-0.05, 0) is 112 Å². The molecule has 1 heterocycles. The average molecular weight is 450 g/mol. The Morgan fingerprint density at radius 3 is 2.58 bits per heavy atom. The zero-order chi connectivity index (χ0) is 22.6. The first kappa shape index (κ1) is 21.8. The third-order valence-electron chi connectivity index (χ3n) is 10.5. The maximum absolute atomic E-state index is 13.3. The van der Waals surface area contributed by atoms with Crippen molar-refractivity contribution in [1.29, 1.82) is 0 Å². The van der Waals surface area contributed by atoms with E-state index in [-0.39, 0.29) is 11.3 Å². The monoisotopic (exact) mass is 449 g/mol. The van der Waals surface area contributed by atoms with Gasteiger partial charge in [-0.15, -0.1) is 0 Å².